The van der Waals surface area contributed by atoms with Gasteiger partial charge in [-0.15, -0.1) is 0 Å². The SMILES string of the molecule is C=C(C)[C@@H]1CCC(C)=C1CC(C)(C)COC(C)=O. The third-order valence-corrected chi connectivity index (χ3v) is 3.71. The molecule has 0 saturated heterocycles. The van der Waals surface area contributed by atoms with Crippen LogP contribution in [0.1, 0.15) is 53.9 Å². The zero-order chi connectivity index (χ0) is 13.9. The van der Waals surface area contributed by atoms with Crippen LogP contribution in [0.4, 0.5) is 0 Å². The van der Waals surface area contributed by atoms with Gasteiger partial charge in [-0.25, -0.2) is 0 Å². The monoisotopic (exact) mass is 250 g/mol. The molecule has 2 heteroatoms. The molecule has 0 fully saturated rings. The van der Waals surface area contributed by atoms with Gasteiger partial charge in [-0.1, -0.05) is 37.1 Å². The molecule has 0 aromatic carbocycles. The van der Waals surface area contributed by atoms with Crippen molar-refractivity contribution in [1.29, 1.82) is 0 Å². The van der Waals surface area contributed by atoms with Crippen molar-refractivity contribution in [3.8, 4) is 0 Å². The Hall–Kier alpha value is -1.05. The van der Waals surface area contributed by atoms with E-state index in [9.17, 15) is 4.79 Å². The Balaban J connectivity index is 2.72. The van der Waals surface area contributed by atoms with Crippen molar-refractivity contribution in [1.82, 2.24) is 0 Å². The first-order valence-corrected chi connectivity index (χ1v) is 6.70. The van der Waals surface area contributed by atoms with Gasteiger partial charge in [-0.3, -0.25) is 4.79 Å². The Morgan fingerprint density at radius 1 is 1.44 bits per heavy atom. The molecule has 0 saturated carbocycles. The van der Waals surface area contributed by atoms with Gasteiger partial charge in [0.15, 0.2) is 0 Å². The van der Waals surface area contributed by atoms with Gasteiger partial charge < -0.3 is 4.74 Å². The van der Waals surface area contributed by atoms with E-state index in [1.807, 2.05) is 0 Å². The molecule has 0 unspecified atom stereocenters. The van der Waals surface area contributed by atoms with Crippen LogP contribution >= 0.6 is 0 Å². The van der Waals surface area contributed by atoms with Gasteiger partial charge in [0.2, 0.25) is 0 Å². The normalized spacial score (nSPS) is 20.2. The van der Waals surface area contributed by atoms with Crippen LogP contribution < -0.4 is 0 Å². The highest BCUT2D eigenvalue weighted by Crippen LogP contribution is 2.42. The fourth-order valence-electron chi connectivity index (χ4n) is 2.67. The third-order valence-electron chi connectivity index (χ3n) is 3.71. The molecule has 102 valence electrons. The maximum Gasteiger partial charge on any atom is 0.302 e. The predicted molar refractivity (Wildman–Crippen MR) is 75.3 cm³/mol. The van der Waals surface area contributed by atoms with Crippen molar-refractivity contribution in [2.45, 2.75) is 53.9 Å². The Labute approximate surface area is 111 Å². The van der Waals surface area contributed by atoms with Crippen LogP contribution in [0.3, 0.4) is 0 Å². The molecule has 0 N–H and O–H groups in total. The number of esters is 1. The minimum absolute atomic E-state index is 0.000301. The van der Waals surface area contributed by atoms with Gasteiger partial charge in [0.05, 0.1) is 6.61 Å². The van der Waals surface area contributed by atoms with Crippen molar-refractivity contribution in [3.63, 3.8) is 0 Å². The number of hydrogen-bond donors (Lipinski definition) is 0. The molecule has 0 radical (unpaired) electrons. The van der Waals surface area contributed by atoms with Crippen molar-refractivity contribution < 1.29 is 9.53 Å². The first-order valence-electron chi connectivity index (χ1n) is 6.70. The van der Waals surface area contributed by atoms with Gasteiger partial charge >= 0.3 is 5.97 Å². The summed E-state index contributed by atoms with van der Waals surface area (Å²) in [5, 5.41) is 0. The lowest BCUT2D eigenvalue weighted by Gasteiger charge is -2.28. The van der Waals surface area contributed by atoms with Crippen LogP contribution in [-0.2, 0) is 9.53 Å². The number of rotatable bonds is 5. The summed E-state index contributed by atoms with van der Waals surface area (Å²) >= 11 is 0. The van der Waals surface area contributed by atoms with E-state index in [1.165, 1.54) is 36.5 Å². The first-order chi connectivity index (χ1) is 8.23. The van der Waals surface area contributed by atoms with Gasteiger partial charge in [0.1, 0.15) is 0 Å². The maximum atomic E-state index is 10.9. The summed E-state index contributed by atoms with van der Waals surface area (Å²) in [6.07, 6.45) is 3.36. The molecule has 18 heavy (non-hydrogen) atoms. The molecule has 0 heterocycles. The summed E-state index contributed by atoms with van der Waals surface area (Å²) in [5.41, 5.74) is 4.27. The smallest absolute Gasteiger partial charge is 0.302 e. The van der Waals surface area contributed by atoms with Gasteiger partial charge in [-0.05, 0) is 33.1 Å². The van der Waals surface area contributed by atoms with Crippen LogP contribution in [0.2, 0.25) is 0 Å². The number of hydrogen-bond acceptors (Lipinski definition) is 2. The van der Waals surface area contributed by atoms with E-state index in [-0.39, 0.29) is 11.4 Å². The van der Waals surface area contributed by atoms with Gasteiger partial charge in [0, 0.05) is 18.3 Å². The Morgan fingerprint density at radius 3 is 2.56 bits per heavy atom. The standard InChI is InChI=1S/C16H26O2/c1-11(2)14-8-7-12(3)15(14)9-16(5,6)10-18-13(4)17/h14H,1,7-10H2,2-6H3/t14-/m0/s1. The van der Waals surface area contributed by atoms with Crippen LogP contribution in [-0.4, -0.2) is 12.6 Å². The maximum absolute atomic E-state index is 10.9. The molecular formula is C16H26O2. The molecule has 1 rings (SSSR count). The summed E-state index contributed by atoms with van der Waals surface area (Å²) in [6, 6.07) is 0. The first kappa shape index (κ1) is 15.0. The fourth-order valence-corrected chi connectivity index (χ4v) is 2.67. The van der Waals surface area contributed by atoms with Crippen molar-refractivity contribution >= 4 is 5.97 Å². The largest absolute Gasteiger partial charge is 0.465 e. The summed E-state index contributed by atoms with van der Waals surface area (Å²) < 4.78 is 5.16. The lowest BCUT2D eigenvalue weighted by molar-refractivity contribution is -0.143. The molecule has 0 bridgehead atoms. The van der Waals surface area contributed by atoms with E-state index in [0.29, 0.717) is 12.5 Å². The molecule has 0 aromatic rings. The Kier molecular flexibility index (Phi) is 4.78. The predicted octanol–water partition coefficient (Wildman–Crippen LogP) is 4.27. The van der Waals surface area contributed by atoms with Crippen LogP contribution in [0.15, 0.2) is 23.3 Å². The second-order valence-electron chi connectivity index (χ2n) is 6.36. The summed E-state index contributed by atoms with van der Waals surface area (Å²) in [7, 11) is 0. The lowest BCUT2D eigenvalue weighted by Crippen LogP contribution is -2.23. The molecule has 1 aliphatic rings. The van der Waals surface area contributed by atoms with Crippen molar-refractivity contribution in [2.75, 3.05) is 6.61 Å². The van der Waals surface area contributed by atoms with E-state index < -0.39 is 0 Å². The molecule has 1 aliphatic carbocycles. The molecule has 2 nitrogen and oxygen atoms in total. The minimum atomic E-state index is -0.198. The average Bonchev–Trinajstić information content (AvgIpc) is 2.57. The molecular weight excluding hydrogens is 224 g/mol. The second-order valence-corrected chi connectivity index (χ2v) is 6.36. The highest BCUT2D eigenvalue weighted by molar-refractivity contribution is 5.65. The van der Waals surface area contributed by atoms with E-state index in [2.05, 4.69) is 34.3 Å². The zero-order valence-electron chi connectivity index (χ0n) is 12.4. The molecule has 0 spiro atoms. The van der Waals surface area contributed by atoms with Crippen LogP contribution in [0.25, 0.3) is 0 Å². The van der Waals surface area contributed by atoms with Gasteiger partial charge in [-0.2, -0.15) is 0 Å². The highest BCUT2D eigenvalue weighted by Gasteiger charge is 2.30. The van der Waals surface area contributed by atoms with Crippen LogP contribution in [0.5, 0.6) is 0 Å². The molecule has 1 atom stereocenters. The van der Waals surface area contributed by atoms with E-state index in [1.54, 1.807) is 0 Å². The van der Waals surface area contributed by atoms with E-state index in [0.717, 1.165) is 6.42 Å². The number of allylic oxidation sites excluding steroid dienone is 3. The summed E-state index contributed by atoms with van der Waals surface area (Å²) in [6.45, 7) is 14.7. The second kappa shape index (κ2) is 5.73. The summed E-state index contributed by atoms with van der Waals surface area (Å²) in [4.78, 5) is 10.9. The van der Waals surface area contributed by atoms with Crippen molar-refractivity contribution in [3.05, 3.63) is 23.3 Å². The zero-order valence-corrected chi connectivity index (χ0v) is 12.4. The highest BCUT2D eigenvalue weighted by atomic mass is 16.5. The molecule has 0 aromatic heterocycles. The summed E-state index contributed by atoms with van der Waals surface area (Å²) in [5.74, 6) is 0.332. The topological polar surface area (TPSA) is 26.3 Å². The van der Waals surface area contributed by atoms with E-state index in [4.69, 9.17) is 4.74 Å². The number of carbonyl (C=O) groups is 1. The Morgan fingerprint density at radius 2 is 2.06 bits per heavy atom. The van der Waals surface area contributed by atoms with Crippen LogP contribution in [0, 0.1) is 11.3 Å². The molecule has 0 aliphatic heterocycles. The number of carbonyl (C=O) groups excluding carboxylic acids is 1. The van der Waals surface area contributed by atoms with Crippen molar-refractivity contribution in [2.24, 2.45) is 11.3 Å². The minimum Gasteiger partial charge on any atom is -0.465 e. The third kappa shape index (κ3) is 4.01. The fraction of sp³-hybridized carbons (Fsp3) is 0.688. The Bertz CT molecular complexity index is 375. The van der Waals surface area contributed by atoms with E-state index >= 15 is 0 Å². The quantitative estimate of drug-likeness (QED) is 0.538. The van der Waals surface area contributed by atoms with Gasteiger partial charge in [0.25, 0.3) is 0 Å². The molecule has 0 amide bonds. The lowest BCUT2D eigenvalue weighted by atomic mass is 9.80. The number of ether oxygens (including phenoxy) is 1. The average molecular weight is 250 g/mol.